The van der Waals surface area contributed by atoms with E-state index in [1.54, 1.807) is 5.38 Å². The van der Waals surface area contributed by atoms with Crippen molar-refractivity contribution in [3.63, 3.8) is 0 Å². The number of rotatable bonds is 3. The predicted molar refractivity (Wildman–Crippen MR) is 91.7 cm³/mol. The van der Waals surface area contributed by atoms with Gasteiger partial charge in [-0.05, 0) is 30.5 Å². The van der Waals surface area contributed by atoms with E-state index in [1.807, 2.05) is 29.2 Å². The quantitative estimate of drug-likeness (QED) is 0.911. The normalized spacial score (nSPS) is 17.4. The zero-order chi connectivity index (χ0) is 14.8. The second-order valence-electron chi connectivity index (χ2n) is 5.04. The van der Waals surface area contributed by atoms with Crippen LogP contribution in [-0.2, 0) is 6.54 Å². The number of hydrogen-bond acceptors (Lipinski definition) is 4. The molecule has 1 aromatic heterocycles. The van der Waals surface area contributed by atoms with E-state index in [0.717, 1.165) is 30.0 Å². The lowest BCUT2D eigenvalue weighted by molar-refractivity contribution is 0.0730. The second kappa shape index (κ2) is 7.42. The first-order chi connectivity index (χ1) is 10.2. The van der Waals surface area contributed by atoms with Crippen molar-refractivity contribution in [1.82, 2.24) is 9.88 Å². The lowest BCUT2D eigenvalue weighted by Gasteiger charge is -2.24. The third-order valence-corrected chi connectivity index (χ3v) is 4.84. The van der Waals surface area contributed by atoms with Gasteiger partial charge in [0.15, 0.2) is 0 Å². The Morgan fingerprint density at radius 2 is 2.14 bits per heavy atom. The topological polar surface area (TPSA) is 59.2 Å². The first-order valence-corrected chi connectivity index (χ1v) is 8.15. The molecule has 1 aliphatic heterocycles. The number of benzene rings is 1. The van der Waals surface area contributed by atoms with Gasteiger partial charge in [0.25, 0.3) is 5.91 Å². The summed E-state index contributed by atoms with van der Waals surface area (Å²) in [5, 5.41) is 3.30. The molecule has 0 bridgehead atoms. The molecule has 1 atom stereocenters. The Balaban J connectivity index is 0.00000176. The van der Waals surface area contributed by atoms with Gasteiger partial charge < -0.3 is 10.6 Å². The minimum absolute atomic E-state index is 0. The summed E-state index contributed by atoms with van der Waals surface area (Å²) >= 11 is 7.37. The number of thiazole rings is 1. The lowest BCUT2D eigenvalue weighted by Crippen LogP contribution is -2.30. The van der Waals surface area contributed by atoms with E-state index in [4.69, 9.17) is 17.3 Å². The first kappa shape index (κ1) is 17.2. The number of carbonyl (C=O) groups is 1. The molecule has 0 saturated carbocycles. The molecule has 2 N–H and O–H groups in total. The molecule has 2 aromatic rings. The summed E-state index contributed by atoms with van der Waals surface area (Å²) < 4.78 is 0. The van der Waals surface area contributed by atoms with Crippen LogP contribution in [0.5, 0.6) is 0 Å². The van der Waals surface area contributed by atoms with Gasteiger partial charge in [-0.3, -0.25) is 4.79 Å². The summed E-state index contributed by atoms with van der Waals surface area (Å²) in [7, 11) is 0. The maximum absolute atomic E-state index is 12.6. The molecule has 0 spiro atoms. The van der Waals surface area contributed by atoms with Gasteiger partial charge in [-0.15, -0.1) is 23.7 Å². The van der Waals surface area contributed by atoms with E-state index in [-0.39, 0.29) is 24.4 Å². The van der Waals surface area contributed by atoms with E-state index in [2.05, 4.69) is 4.98 Å². The molecule has 3 rings (SSSR count). The van der Waals surface area contributed by atoms with Crippen LogP contribution in [0.2, 0.25) is 5.02 Å². The molecule has 1 saturated heterocycles. The highest BCUT2D eigenvalue weighted by atomic mass is 35.5. The molecule has 0 radical (unpaired) electrons. The number of hydrogen-bond donors (Lipinski definition) is 1. The summed E-state index contributed by atoms with van der Waals surface area (Å²) in [6, 6.07) is 7.83. The third-order valence-electron chi connectivity index (χ3n) is 3.71. The molecule has 1 amide bonds. The Bertz CT molecular complexity index is 644. The average molecular weight is 358 g/mol. The van der Waals surface area contributed by atoms with E-state index >= 15 is 0 Å². The third kappa shape index (κ3) is 3.43. The lowest BCUT2D eigenvalue weighted by atomic mass is 10.0. The summed E-state index contributed by atoms with van der Waals surface area (Å²) in [6.07, 6.45) is 1.98. The molecule has 0 aliphatic carbocycles. The maximum Gasteiger partial charge on any atom is 0.273 e. The monoisotopic (exact) mass is 357 g/mol. The highest BCUT2D eigenvalue weighted by Gasteiger charge is 2.31. The van der Waals surface area contributed by atoms with Gasteiger partial charge in [0, 0.05) is 23.5 Å². The smallest absolute Gasteiger partial charge is 0.273 e. The molecular formula is C15H17Cl2N3OS. The van der Waals surface area contributed by atoms with Crippen molar-refractivity contribution in [2.75, 3.05) is 6.54 Å². The Labute approximate surface area is 144 Å². The van der Waals surface area contributed by atoms with Crippen LogP contribution in [0.4, 0.5) is 0 Å². The number of likely N-dealkylation sites (tertiary alicyclic amines) is 1. The zero-order valence-electron chi connectivity index (χ0n) is 11.9. The van der Waals surface area contributed by atoms with Gasteiger partial charge in [0.1, 0.15) is 10.7 Å². The number of carbonyl (C=O) groups excluding carboxylic acids is 1. The number of amides is 1. The molecule has 118 valence electrons. The number of aromatic nitrogens is 1. The van der Waals surface area contributed by atoms with Gasteiger partial charge in [0.2, 0.25) is 0 Å². The number of nitrogens with zero attached hydrogens (tertiary/aromatic N) is 2. The highest BCUT2D eigenvalue weighted by Crippen LogP contribution is 2.33. The van der Waals surface area contributed by atoms with E-state index in [1.165, 1.54) is 11.3 Å². The molecule has 22 heavy (non-hydrogen) atoms. The summed E-state index contributed by atoms with van der Waals surface area (Å²) in [6.45, 7) is 1.14. The van der Waals surface area contributed by atoms with Gasteiger partial charge >= 0.3 is 0 Å². The molecule has 1 aromatic carbocycles. The summed E-state index contributed by atoms with van der Waals surface area (Å²) in [5.41, 5.74) is 7.19. The Morgan fingerprint density at radius 1 is 1.41 bits per heavy atom. The minimum Gasteiger partial charge on any atom is -0.330 e. The fourth-order valence-corrected chi connectivity index (χ4v) is 3.47. The van der Waals surface area contributed by atoms with Crippen molar-refractivity contribution in [1.29, 1.82) is 0 Å². The Kier molecular flexibility index (Phi) is 5.81. The Hall–Kier alpha value is -1.14. The summed E-state index contributed by atoms with van der Waals surface area (Å²) in [4.78, 5) is 18.8. The van der Waals surface area contributed by atoms with Crippen LogP contribution in [-0.4, -0.2) is 22.3 Å². The van der Waals surface area contributed by atoms with Crippen LogP contribution in [0.25, 0.3) is 0 Å². The van der Waals surface area contributed by atoms with Crippen LogP contribution >= 0.6 is 35.3 Å². The summed E-state index contributed by atoms with van der Waals surface area (Å²) in [5.74, 6) is -0.0107. The van der Waals surface area contributed by atoms with Crippen LogP contribution in [0, 0.1) is 0 Å². The van der Waals surface area contributed by atoms with Crippen molar-refractivity contribution < 1.29 is 4.79 Å². The number of halogens is 2. The van der Waals surface area contributed by atoms with Gasteiger partial charge in [-0.25, -0.2) is 4.98 Å². The molecule has 4 nitrogen and oxygen atoms in total. The highest BCUT2D eigenvalue weighted by molar-refractivity contribution is 7.09. The Morgan fingerprint density at radius 3 is 2.77 bits per heavy atom. The average Bonchev–Trinajstić information content (AvgIpc) is 3.16. The van der Waals surface area contributed by atoms with E-state index in [9.17, 15) is 4.79 Å². The predicted octanol–water partition coefficient (Wildman–Crippen LogP) is 3.65. The van der Waals surface area contributed by atoms with Crippen LogP contribution < -0.4 is 5.73 Å². The molecule has 2 heterocycles. The van der Waals surface area contributed by atoms with Gasteiger partial charge in [-0.1, -0.05) is 23.7 Å². The van der Waals surface area contributed by atoms with E-state index in [0.29, 0.717) is 17.3 Å². The van der Waals surface area contributed by atoms with Crippen molar-refractivity contribution >= 4 is 41.3 Å². The molecular weight excluding hydrogens is 341 g/mol. The van der Waals surface area contributed by atoms with Gasteiger partial charge in [0.05, 0.1) is 6.04 Å². The van der Waals surface area contributed by atoms with Gasteiger partial charge in [-0.2, -0.15) is 0 Å². The molecule has 1 aliphatic rings. The molecule has 7 heteroatoms. The first-order valence-electron chi connectivity index (χ1n) is 6.90. The zero-order valence-corrected chi connectivity index (χ0v) is 14.3. The van der Waals surface area contributed by atoms with Crippen LogP contribution in [0.3, 0.4) is 0 Å². The maximum atomic E-state index is 12.6. The minimum atomic E-state index is -0.0107. The standard InChI is InChI=1S/C15H16ClN3OS.ClH/c16-11-5-3-10(4-6-11)13-2-1-7-19(13)15(20)12-9-21-14(8-17)18-12;/h3-6,9,13H,1-2,7-8,17H2;1H. The number of nitrogens with two attached hydrogens (primary N) is 1. The van der Waals surface area contributed by atoms with Crippen LogP contribution in [0.15, 0.2) is 29.6 Å². The van der Waals surface area contributed by atoms with E-state index < -0.39 is 0 Å². The largest absolute Gasteiger partial charge is 0.330 e. The molecule has 1 fully saturated rings. The van der Waals surface area contributed by atoms with Crippen molar-refractivity contribution in [2.24, 2.45) is 5.73 Å². The van der Waals surface area contributed by atoms with Crippen molar-refractivity contribution in [3.05, 3.63) is 50.9 Å². The van der Waals surface area contributed by atoms with Crippen molar-refractivity contribution in [3.8, 4) is 0 Å². The van der Waals surface area contributed by atoms with Crippen LogP contribution in [0.1, 0.15) is 39.9 Å². The fraction of sp³-hybridized carbons (Fsp3) is 0.333. The molecule has 1 unspecified atom stereocenters. The second-order valence-corrected chi connectivity index (χ2v) is 6.42. The fourth-order valence-electron chi connectivity index (χ4n) is 2.69. The SMILES string of the molecule is Cl.NCc1nc(C(=O)N2CCCC2c2ccc(Cl)cc2)cs1. The van der Waals surface area contributed by atoms with Crippen molar-refractivity contribution in [2.45, 2.75) is 25.4 Å².